The van der Waals surface area contributed by atoms with E-state index < -0.39 is 6.10 Å². The van der Waals surface area contributed by atoms with Crippen molar-refractivity contribution in [1.29, 1.82) is 0 Å². The number of rotatable bonds is 2. The normalized spacial score (nSPS) is 31.8. The molecule has 18 heavy (non-hydrogen) atoms. The molecule has 3 rings (SSSR count). The maximum absolute atomic E-state index is 9.91. The number of fused-ring (bicyclic) bond motifs is 2. The maximum atomic E-state index is 9.91. The van der Waals surface area contributed by atoms with Gasteiger partial charge in [-0.3, -0.25) is 0 Å². The second-order valence-corrected chi connectivity index (χ2v) is 5.74. The van der Waals surface area contributed by atoms with Gasteiger partial charge in [0, 0.05) is 0 Å². The molecule has 3 nitrogen and oxygen atoms in total. The largest absolute Gasteiger partial charge is 0.508 e. The Labute approximate surface area is 107 Å². The highest BCUT2D eigenvalue weighted by atomic mass is 16.3. The smallest absolute Gasteiger partial charge is 0.119 e. The third kappa shape index (κ3) is 1.82. The predicted octanol–water partition coefficient (Wildman–Crippen LogP) is 1.49. The quantitative estimate of drug-likeness (QED) is 0.743. The van der Waals surface area contributed by atoms with Gasteiger partial charge in [0.05, 0.1) is 12.7 Å². The molecule has 0 spiro atoms. The van der Waals surface area contributed by atoms with Crippen LogP contribution in [0.5, 0.6) is 5.75 Å². The molecule has 3 heteroatoms. The molecule has 98 valence electrons. The van der Waals surface area contributed by atoms with Crippen LogP contribution in [0.25, 0.3) is 0 Å². The molecule has 0 bridgehead atoms. The summed E-state index contributed by atoms with van der Waals surface area (Å²) in [4.78, 5) is 0. The third-order valence-corrected chi connectivity index (χ3v) is 4.88. The van der Waals surface area contributed by atoms with E-state index in [1.807, 2.05) is 6.07 Å². The highest BCUT2D eigenvalue weighted by Gasteiger charge is 2.42. The molecule has 0 aliphatic heterocycles. The molecule has 2 aliphatic carbocycles. The summed E-state index contributed by atoms with van der Waals surface area (Å²) in [7, 11) is 0. The first-order chi connectivity index (χ1) is 8.70. The highest BCUT2D eigenvalue weighted by Crippen LogP contribution is 2.47. The van der Waals surface area contributed by atoms with Gasteiger partial charge in [-0.05, 0) is 60.6 Å². The van der Waals surface area contributed by atoms with Crippen LogP contribution >= 0.6 is 0 Å². The molecule has 1 aromatic rings. The molecule has 2 aliphatic rings. The molecule has 0 heterocycles. The van der Waals surface area contributed by atoms with E-state index in [2.05, 4.69) is 6.07 Å². The minimum Gasteiger partial charge on any atom is -0.508 e. The van der Waals surface area contributed by atoms with Crippen LogP contribution in [-0.2, 0) is 12.8 Å². The summed E-state index contributed by atoms with van der Waals surface area (Å²) in [6.45, 7) is -0.138. The number of phenolic OH excluding ortho intramolecular Hbond substituents is 1. The molecule has 1 fully saturated rings. The van der Waals surface area contributed by atoms with Gasteiger partial charge in [0.2, 0.25) is 0 Å². The van der Waals surface area contributed by atoms with E-state index in [1.54, 1.807) is 6.07 Å². The molecular weight excluding hydrogens is 228 g/mol. The fourth-order valence-electron chi connectivity index (χ4n) is 3.93. The zero-order valence-electron chi connectivity index (χ0n) is 10.4. The number of hydrogen-bond donors (Lipinski definition) is 3. The lowest BCUT2D eigenvalue weighted by Crippen LogP contribution is -2.33. The summed E-state index contributed by atoms with van der Waals surface area (Å²) in [6, 6.07) is 5.72. The zero-order valence-corrected chi connectivity index (χ0v) is 10.4. The van der Waals surface area contributed by atoms with Crippen molar-refractivity contribution in [2.45, 2.75) is 31.8 Å². The minimum atomic E-state index is -0.584. The average Bonchev–Trinajstić information content (AvgIpc) is 2.79. The highest BCUT2D eigenvalue weighted by molar-refractivity contribution is 5.41. The van der Waals surface area contributed by atoms with Crippen molar-refractivity contribution < 1.29 is 15.3 Å². The van der Waals surface area contributed by atoms with Crippen LogP contribution in [0.3, 0.4) is 0 Å². The lowest BCUT2D eigenvalue weighted by molar-refractivity contribution is 0.0263. The summed E-state index contributed by atoms with van der Waals surface area (Å²) >= 11 is 0. The predicted molar refractivity (Wildman–Crippen MR) is 68.3 cm³/mol. The van der Waals surface area contributed by atoms with E-state index in [4.69, 9.17) is 5.11 Å². The Kier molecular flexibility index (Phi) is 3.04. The number of aliphatic hydroxyl groups is 2. The van der Waals surface area contributed by atoms with Crippen molar-refractivity contribution in [3.8, 4) is 5.75 Å². The zero-order chi connectivity index (χ0) is 12.7. The Morgan fingerprint density at radius 2 is 2.06 bits per heavy atom. The summed E-state index contributed by atoms with van der Waals surface area (Å²) in [6.07, 6.45) is 3.35. The first-order valence-corrected chi connectivity index (χ1v) is 6.79. The molecule has 3 N–H and O–H groups in total. The molecule has 0 aromatic heterocycles. The molecule has 0 radical (unpaired) electrons. The van der Waals surface area contributed by atoms with E-state index in [0.717, 1.165) is 31.2 Å². The van der Waals surface area contributed by atoms with Gasteiger partial charge < -0.3 is 15.3 Å². The SMILES string of the molecule is OCC(O)C1CCC2Cc3c(O)cccc3CC21. The topological polar surface area (TPSA) is 60.7 Å². The first-order valence-electron chi connectivity index (χ1n) is 6.79. The molecule has 0 amide bonds. The van der Waals surface area contributed by atoms with Gasteiger partial charge in [0.1, 0.15) is 5.75 Å². The number of aliphatic hydroxyl groups excluding tert-OH is 2. The van der Waals surface area contributed by atoms with Crippen molar-refractivity contribution in [3.63, 3.8) is 0 Å². The lowest BCUT2D eigenvalue weighted by Gasteiger charge is -2.33. The lowest BCUT2D eigenvalue weighted by atomic mass is 9.73. The van der Waals surface area contributed by atoms with Gasteiger partial charge in [-0.1, -0.05) is 12.1 Å². The van der Waals surface area contributed by atoms with Crippen LogP contribution < -0.4 is 0 Å². The fraction of sp³-hybridized carbons (Fsp3) is 0.600. The number of aromatic hydroxyl groups is 1. The second-order valence-electron chi connectivity index (χ2n) is 5.74. The van der Waals surface area contributed by atoms with E-state index in [9.17, 15) is 10.2 Å². The Bertz CT molecular complexity index is 443. The van der Waals surface area contributed by atoms with E-state index in [-0.39, 0.29) is 12.5 Å². The van der Waals surface area contributed by atoms with Gasteiger partial charge in [0.25, 0.3) is 0 Å². The van der Waals surface area contributed by atoms with Crippen molar-refractivity contribution in [3.05, 3.63) is 29.3 Å². The van der Waals surface area contributed by atoms with Crippen LogP contribution in [0.1, 0.15) is 24.0 Å². The van der Waals surface area contributed by atoms with Crippen LogP contribution in [0.4, 0.5) is 0 Å². The molecule has 4 unspecified atom stereocenters. The molecule has 0 saturated heterocycles. The summed E-state index contributed by atoms with van der Waals surface area (Å²) < 4.78 is 0. The van der Waals surface area contributed by atoms with Gasteiger partial charge in [-0.15, -0.1) is 0 Å². The Morgan fingerprint density at radius 1 is 1.22 bits per heavy atom. The molecule has 1 aromatic carbocycles. The number of phenols is 1. The van der Waals surface area contributed by atoms with Crippen LogP contribution in [0.15, 0.2) is 18.2 Å². The number of hydrogen-bond acceptors (Lipinski definition) is 3. The Hall–Kier alpha value is -1.06. The number of benzene rings is 1. The molecule has 1 saturated carbocycles. The van der Waals surface area contributed by atoms with Crippen LogP contribution in [-0.4, -0.2) is 28.0 Å². The van der Waals surface area contributed by atoms with E-state index in [0.29, 0.717) is 17.6 Å². The second kappa shape index (κ2) is 4.56. The summed E-state index contributed by atoms with van der Waals surface area (Å²) in [5, 5.41) is 28.9. The Balaban J connectivity index is 1.88. The van der Waals surface area contributed by atoms with Crippen molar-refractivity contribution in [1.82, 2.24) is 0 Å². The maximum Gasteiger partial charge on any atom is 0.119 e. The first kappa shape index (κ1) is 12.0. The van der Waals surface area contributed by atoms with Gasteiger partial charge in [-0.2, -0.15) is 0 Å². The minimum absolute atomic E-state index is 0.138. The van der Waals surface area contributed by atoms with Crippen molar-refractivity contribution in [2.24, 2.45) is 17.8 Å². The van der Waals surface area contributed by atoms with Gasteiger partial charge in [-0.25, -0.2) is 0 Å². The van der Waals surface area contributed by atoms with Crippen LogP contribution in [0, 0.1) is 17.8 Å². The molecule has 4 atom stereocenters. The third-order valence-electron chi connectivity index (χ3n) is 4.88. The summed E-state index contributed by atoms with van der Waals surface area (Å²) in [5.41, 5.74) is 2.31. The van der Waals surface area contributed by atoms with Gasteiger partial charge >= 0.3 is 0 Å². The fourth-order valence-corrected chi connectivity index (χ4v) is 3.93. The van der Waals surface area contributed by atoms with E-state index in [1.165, 1.54) is 5.56 Å². The molecular formula is C15H20O3. The Morgan fingerprint density at radius 3 is 2.83 bits per heavy atom. The van der Waals surface area contributed by atoms with Gasteiger partial charge in [0.15, 0.2) is 0 Å². The van der Waals surface area contributed by atoms with E-state index >= 15 is 0 Å². The monoisotopic (exact) mass is 248 g/mol. The van der Waals surface area contributed by atoms with Crippen molar-refractivity contribution in [2.75, 3.05) is 6.61 Å². The van der Waals surface area contributed by atoms with Crippen molar-refractivity contribution >= 4 is 0 Å². The van der Waals surface area contributed by atoms with Crippen LogP contribution in [0.2, 0.25) is 0 Å². The standard InChI is InChI=1S/C15H20O3/c16-8-15(18)11-5-4-10-7-13-9(6-12(10)11)2-1-3-14(13)17/h1-3,10-12,15-18H,4-8H2. The average molecular weight is 248 g/mol. The summed E-state index contributed by atoms with van der Waals surface area (Å²) in [5.74, 6) is 1.64.